The molecule has 6 rings (SSSR count). The van der Waals surface area contributed by atoms with Crippen LogP contribution in [0.15, 0.2) is 48.5 Å². The van der Waals surface area contributed by atoms with Gasteiger partial charge in [-0.15, -0.1) is 0 Å². The van der Waals surface area contributed by atoms with Crippen molar-refractivity contribution in [1.82, 2.24) is 0 Å². The third-order valence-electron chi connectivity index (χ3n) is 7.55. The predicted molar refractivity (Wildman–Crippen MR) is 145 cm³/mol. The first kappa shape index (κ1) is 27.6. The van der Waals surface area contributed by atoms with Crippen LogP contribution in [0.25, 0.3) is 11.1 Å². The molecule has 13 heteroatoms. The lowest BCUT2D eigenvalue weighted by Gasteiger charge is -2.34. The molecule has 0 bridgehead atoms. The molecular weight excluding hydrogens is 568 g/mol. The number of rotatable bonds is 3. The van der Waals surface area contributed by atoms with Crippen LogP contribution in [-0.2, 0) is 6.42 Å². The van der Waals surface area contributed by atoms with E-state index in [2.05, 4.69) is 0 Å². The van der Waals surface area contributed by atoms with E-state index < -0.39 is 75.8 Å². The molecule has 0 saturated heterocycles. The summed E-state index contributed by atoms with van der Waals surface area (Å²) in [6.45, 7) is 0. The fourth-order valence-corrected chi connectivity index (χ4v) is 5.57. The number of aliphatic hydroxyl groups excluding tert-OH is 2. The first-order chi connectivity index (χ1) is 20.4. The van der Waals surface area contributed by atoms with Crippen LogP contribution in [0.3, 0.4) is 0 Å². The molecule has 0 fully saturated rings. The summed E-state index contributed by atoms with van der Waals surface area (Å²) in [7, 11) is 0. The number of hydrogen-bond acceptors (Lipinski definition) is 13. The minimum absolute atomic E-state index is 0.000440. The van der Waals surface area contributed by atoms with Crippen molar-refractivity contribution in [1.29, 1.82) is 0 Å². The zero-order valence-electron chi connectivity index (χ0n) is 21.8. The van der Waals surface area contributed by atoms with Gasteiger partial charge in [0.1, 0.15) is 40.1 Å². The Morgan fingerprint density at radius 2 is 1.09 bits per heavy atom. The Morgan fingerprint density at radius 3 is 1.70 bits per heavy atom. The molecule has 4 aromatic rings. The summed E-state index contributed by atoms with van der Waals surface area (Å²) in [6.07, 6.45) is -6.55. The molecule has 2 aliphatic heterocycles. The number of aliphatic hydroxyl groups is 2. The van der Waals surface area contributed by atoms with Crippen LogP contribution >= 0.6 is 0 Å². The zero-order valence-corrected chi connectivity index (χ0v) is 21.8. The molecule has 4 aromatic carbocycles. The molecular formula is C30H24O13. The van der Waals surface area contributed by atoms with E-state index in [0.717, 1.165) is 30.3 Å². The van der Waals surface area contributed by atoms with Crippen molar-refractivity contribution in [3.63, 3.8) is 0 Å². The van der Waals surface area contributed by atoms with Crippen LogP contribution in [0.2, 0.25) is 0 Å². The van der Waals surface area contributed by atoms with Gasteiger partial charge >= 0.3 is 0 Å². The molecule has 0 aromatic heterocycles. The van der Waals surface area contributed by atoms with Crippen molar-refractivity contribution in [2.45, 2.75) is 30.8 Å². The fourth-order valence-electron chi connectivity index (χ4n) is 5.57. The van der Waals surface area contributed by atoms with Crippen LogP contribution in [0.4, 0.5) is 0 Å². The highest BCUT2D eigenvalue weighted by atomic mass is 16.5. The van der Waals surface area contributed by atoms with Crippen molar-refractivity contribution in [3.05, 3.63) is 70.8 Å². The van der Waals surface area contributed by atoms with Gasteiger partial charge in [0.05, 0.1) is 6.10 Å². The maximum absolute atomic E-state index is 13.1. The summed E-state index contributed by atoms with van der Waals surface area (Å²) in [5.74, 6) is -6.18. The molecule has 4 unspecified atom stereocenters. The Bertz CT molecular complexity index is 1820. The summed E-state index contributed by atoms with van der Waals surface area (Å²) in [5, 5.41) is 106. The number of carbonyl (C=O) groups excluding carboxylic acids is 1. The molecule has 10 N–H and O–H groups in total. The molecule has 13 nitrogen and oxygen atoms in total. The Balaban J connectivity index is 1.56. The van der Waals surface area contributed by atoms with Crippen molar-refractivity contribution < 1.29 is 65.3 Å². The SMILES string of the molecule is O=C1c2c(O)cc(O)cc2OC(c2ccc(O)c(O)c2-c2c(C3Oc4cc(O)cc(O)c4CC3O)ccc(O)c2O)C1O. The number of ketones is 1. The Labute approximate surface area is 241 Å². The van der Waals surface area contributed by atoms with Crippen LogP contribution in [0.5, 0.6) is 57.5 Å². The van der Waals surface area contributed by atoms with Crippen molar-refractivity contribution in [2.75, 3.05) is 0 Å². The van der Waals surface area contributed by atoms with Gasteiger partial charge in [-0.25, -0.2) is 0 Å². The van der Waals surface area contributed by atoms with Crippen LogP contribution in [0, 0.1) is 0 Å². The van der Waals surface area contributed by atoms with E-state index in [1.807, 2.05) is 0 Å². The number of Topliss-reactive ketones (excluding diaryl/α,β-unsaturated/α-hetero) is 1. The van der Waals surface area contributed by atoms with Crippen molar-refractivity contribution in [3.8, 4) is 68.6 Å². The highest BCUT2D eigenvalue weighted by molar-refractivity contribution is 6.06. The summed E-state index contributed by atoms with van der Waals surface area (Å²) >= 11 is 0. The first-order valence-electron chi connectivity index (χ1n) is 12.8. The van der Waals surface area contributed by atoms with E-state index in [4.69, 9.17) is 9.47 Å². The highest BCUT2D eigenvalue weighted by Gasteiger charge is 2.42. The monoisotopic (exact) mass is 592 g/mol. The lowest BCUT2D eigenvalue weighted by molar-refractivity contribution is 0.0196. The number of carbonyl (C=O) groups is 1. The molecule has 43 heavy (non-hydrogen) atoms. The van der Waals surface area contributed by atoms with E-state index in [0.29, 0.717) is 0 Å². The van der Waals surface area contributed by atoms with E-state index >= 15 is 0 Å². The Kier molecular flexibility index (Phi) is 6.29. The Hall–Kier alpha value is -5.53. The van der Waals surface area contributed by atoms with Gasteiger partial charge in [-0.2, -0.15) is 0 Å². The normalized spacial score (nSPS) is 20.9. The number of ether oxygens (including phenoxy) is 2. The first-order valence-corrected chi connectivity index (χ1v) is 12.8. The lowest BCUT2D eigenvalue weighted by Crippen LogP contribution is -2.36. The van der Waals surface area contributed by atoms with Gasteiger partial charge in [-0.1, -0.05) is 12.1 Å². The topological polar surface area (TPSA) is 238 Å². The highest BCUT2D eigenvalue weighted by Crippen LogP contribution is 2.54. The molecule has 0 aliphatic carbocycles. The molecule has 2 heterocycles. The van der Waals surface area contributed by atoms with Crippen molar-refractivity contribution >= 4 is 5.78 Å². The second-order valence-electron chi connectivity index (χ2n) is 10.2. The zero-order chi connectivity index (χ0) is 30.9. The van der Waals surface area contributed by atoms with E-state index in [-0.39, 0.29) is 51.7 Å². The number of fused-ring (bicyclic) bond motifs is 2. The van der Waals surface area contributed by atoms with Gasteiger partial charge in [-0.05, 0) is 12.1 Å². The summed E-state index contributed by atoms with van der Waals surface area (Å²) < 4.78 is 11.7. The van der Waals surface area contributed by atoms with Crippen LogP contribution in [-0.4, -0.2) is 69.1 Å². The summed E-state index contributed by atoms with van der Waals surface area (Å²) in [6, 6.07) is 8.72. The lowest BCUT2D eigenvalue weighted by atomic mass is 9.83. The second kappa shape index (κ2) is 9.79. The van der Waals surface area contributed by atoms with Gasteiger partial charge in [0.2, 0.25) is 5.78 Å². The minimum Gasteiger partial charge on any atom is -0.508 e. The van der Waals surface area contributed by atoms with Gasteiger partial charge in [0.15, 0.2) is 41.3 Å². The fraction of sp³-hybridized carbons (Fsp3) is 0.167. The van der Waals surface area contributed by atoms with Gasteiger partial charge in [0.25, 0.3) is 0 Å². The number of hydrogen-bond donors (Lipinski definition) is 10. The van der Waals surface area contributed by atoms with E-state index in [1.54, 1.807) is 0 Å². The van der Waals surface area contributed by atoms with Gasteiger partial charge in [-0.3, -0.25) is 4.79 Å². The predicted octanol–water partition coefficient (Wildman–Crippen LogP) is 2.71. The second-order valence-corrected chi connectivity index (χ2v) is 10.2. The molecule has 2 aliphatic rings. The number of phenolic OH excluding ortho intramolecular Hbond substituents is 8. The quantitative estimate of drug-likeness (QED) is 0.154. The summed E-state index contributed by atoms with van der Waals surface area (Å²) in [4.78, 5) is 13.1. The molecule has 222 valence electrons. The average molecular weight is 593 g/mol. The Morgan fingerprint density at radius 1 is 0.581 bits per heavy atom. The standard InChI is InChI=1S/C30H24O13/c31-10-5-17(35)14-9-19(37)29(42-20(14)7-10)12-1-3-15(33)25(38)22(12)23-13(2-4-16(34)26(23)39)30-28(41)27(40)24-18(36)6-11(32)8-21(24)43-30/h1-8,19,28-39,41H,9H2. The van der Waals surface area contributed by atoms with Crippen LogP contribution < -0.4 is 9.47 Å². The maximum Gasteiger partial charge on any atom is 0.202 e. The number of benzene rings is 4. The largest absolute Gasteiger partial charge is 0.508 e. The summed E-state index contributed by atoms with van der Waals surface area (Å²) in [5.41, 5.74) is -1.26. The van der Waals surface area contributed by atoms with E-state index in [1.165, 1.54) is 18.2 Å². The molecule has 4 atom stereocenters. The third kappa shape index (κ3) is 4.29. The molecule has 0 saturated carbocycles. The minimum atomic E-state index is -2.00. The van der Waals surface area contributed by atoms with Crippen molar-refractivity contribution in [2.24, 2.45) is 0 Å². The third-order valence-corrected chi connectivity index (χ3v) is 7.55. The number of phenols is 8. The smallest absolute Gasteiger partial charge is 0.202 e. The maximum atomic E-state index is 13.1. The number of aromatic hydroxyl groups is 8. The molecule has 0 amide bonds. The average Bonchev–Trinajstić information content (AvgIpc) is 2.94. The molecule has 0 radical (unpaired) electrons. The van der Waals surface area contributed by atoms with E-state index in [9.17, 15) is 55.9 Å². The molecule has 0 spiro atoms. The van der Waals surface area contributed by atoms with Gasteiger partial charge < -0.3 is 60.5 Å². The van der Waals surface area contributed by atoms with Crippen LogP contribution in [0.1, 0.15) is 39.3 Å². The van der Waals surface area contributed by atoms with Gasteiger partial charge in [0, 0.05) is 58.5 Å².